The Morgan fingerprint density at radius 1 is 1.40 bits per heavy atom. The topological polar surface area (TPSA) is 12.5 Å². The van der Waals surface area contributed by atoms with Gasteiger partial charge in [-0.05, 0) is 30.9 Å². The van der Waals surface area contributed by atoms with Gasteiger partial charge in [0.1, 0.15) is 12.4 Å². The number of ether oxygens (including phenoxy) is 1. The van der Waals surface area contributed by atoms with Gasteiger partial charge < -0.3 is 4.74 Å². The average molecular weight is 296 g/mol. The van der Waals surface area contributed by atoms with Crippen LogP contribution in [0.15, 0.2) is 12.1 Å². The van der Waals surface area contributed by atoms with Crippen LogP contribution in [0.3, 0.4) is 0 Å². The molecule has 3 heteroatoms. The van der Waals surface area contributed by atoms with Gasteiger partial charge in [0, 0.05) is 24.7 Å². The van der Waals surface area contributed by atoms with Gasteiger partial charge in [0.15, 0.2) is 0 Å². The number of hydrogen-bond donors (Lipinski definition) is 0. The summed E-state index contributed by atoms with van der Waals surface area (Å²) < 4.78 is 5.92. The van der Waals surface area contributed by atoms with E-state index in [-0.39, 0.29) is 0 Å². The molecule has 2 nitrogen and oxygen atoms in total. The van der Waals surface area contributed by atoms with E-state index in [9.17, 15) is 0 Å². The van der Waals surface area contributed by atoms with E-state index in [0.717, 1.165) is 43.3 Å². The largest absolute Gasteiger partial charge is 0.490 e. The number of nitrogens with zero attached hydrogens (tertiary/aromatic N) is 1. The highest BCUT2D eigenvalue weighted by Gasteiger charge is 2.25. The van der Waals surface area contributed by atoms with E-state index in [0.29, 0.717) is 12.0 Å². The Morgan fingerprint density at radius 2 is 2.15 bits per heavy atom. The third-order valence-corrected chi connectivity index (χ3v) is 4.17. The Kier molecular flexibility index (Phi) is 5.34. The molecule has 0 radical (unpaired) electrons. The van der Waals surface area contributed by atoms with Gasteiger partial charge in [0.2, 0.25) is 0 Å². The van der Waals surface area contributed by atoms with E-state index < -0.39 is 0 Å². The Balaban J connectivity index is 2.35. The van der Waals surface area contributed by atoms with Crippen LogP contribution in [0.4, 0.5) is 0 Å². The van der Waals surface area contributed by atoms with Crippen molar-refractivity contribution < 1.29 is 4.74 Å². The summed E-state index contributed by atoms with van der Waals surface area (Å²) in [5, 5.41) is 0.768. The SMILES string of the molecule is CCCc1cc(Cl)c2c(c1)C(C)N(CC(C)C)CCO2. The smallest absolute Gasteiger partial charge is 0.142 e. The third-order valence-electron chi connectivity index (χ3n) is 3.89. The lowest BCUT2D eigenvalue weighted by Crippen LogP contribution is -2.32. The zero-order valence-electron chi connectivity index (χ0n) is 13.1. The molecule has 1 aromatic carbocycles. The Morgan fingerprint density at radius 3 is 2.80 bits per heavy atom. The molecular weight excluding hydrogens is 270 g/mol. The van der Waals surface area contributed by atoms with Crippen LogP contribution in [0.25, 0.3) is 0 Å². The zero-order chi connectivity index (χ0) is 14.7. The van der Waals surface area contributed by atoms with Crippen LogP contribution >= 0.6 is 11.6 Å². The normalized spacial score (nSPS) is 19.6. The van der Waals surface area contributed by atoms with E-state index in [4.69, 9.17) is 16.3 Å². The van der Waals surface area contributed by atoms with Gasteiger partial charge in [0.05, 0.1) is 5.02 Å². The summed E-state index contributed by atoms with van der Waals surface area (Å²) >= 11 is 6.43. The number of hydrogen-bond acceptors (Lipinski definition) is 2. The monoisotopic (exact) mass is 295 g/mol. The van der Waals surface area contributed by atoms with Gasteiger partial charge in [-0.1, -0.05) is 44.9 Å². The first kappa shape index (κ1) is 15.7. The number of benzene rings is 1. The van der Waals surface area contributed by atoms with Crippen LogP contribution in [0.1, 0.15) is 51.3 Å². The van der Waals surface area contributed by atoms with E-state index in [1.807, 2.05) is 0 Å². The molecule has 1 aromatic rings. The van der Waals surface area contributed by atoms with Crippen molar-refractivity contribution in [3.8, 4) is 5.75 Å². The Hall–Kier alpha value is -0.730. The van der Waals surface area contributed by atoms with Crippen molar-refractivity contribution in [3.05, 3.63) is 28.3 Å². The van der Waals surface area contributed by atoms with Crippen molar-refractivity contribution in [2.24, 2.45) is 5.92 Å². The van der Waals surface area contributed by atoms with Gasteiger partial charge in [0.25, 0.3) is 0 Å². The van der Waals surface area contributed by atoms with Crippen LogP contribution in [-0.2, 0) is 6.42 Å². The Bertz CT molecular complexity index is 459. The van der Waals surface area contributed by atoms with Crippen molar-refractivity contribution in [3.63, 3.8) is 0 Å². The van der Waals surface area contributed by atoms with Crippen LogP contribution in [-0.4, -0.2) is 24.6 Å². The molecule has 0 bridgehead atoms. The summed E-state index contributed by atoms with van der Waals surface area (Å²) in [6, 6.07) is 4.71. The summed E-state index contributed by atoms with van der Waals surface area (Å²) in [7, 11) is 0. The highest BCUT2D eigenvalue weighted by atomic mass is 35.5. The Labute approximate surface area is 128 Å². The van der Waals surface area contributed by atoms with Crippen LogP contribution < -0.4 is 4.74 Å². The van der Waals surface area contributed by atoms with Gasteiger partial charge in [-0.15, -0.1) is 0 Å². The van der Waals surface area contributed by atoms with Crippen molar-refractivity contribution in [2.75, 3.05) is 19.7 Å². The fourth-order valence-electron chi connectivity index (χ4n) is 2.94. The first-order valence-corrected chi connectivity index (χ1v) is 8.09. The third kappa shape index (κ3) is 3.48. The van der Waals surface area contributed by atoms with Crippen LogP contribution in [0.5, 0.6) is 5.75 Å². The lowest BCUT2D eigenvalue weighted by Gasteiger charge is -2.28. The molecule has 0 amide bonds. The van der Waals surface area contributed by atoms with Gasteiger partial charge in [-0.3, -0.25) is 4.90 Å². The number of rotatable bonds is 4. The quantitative estimate of drug-likeness (QED) is 0.798. The number of fused-ring (bicyclic) bond motifs is 1. The van der Waals surface area contributed by atoms with Gasteiger partial charge >= 0.3 is 0 Å². The molecule has 0 fully saturated rings. The average Bonchev–Trinajstić information content (AvgIpc) is 2.52. The minimum atomic E-state index is 0.365. The maximum absolute atomic E-state index is 6.43. The molecule has 2 rings (SSSR count). The molecule has 1 aliphatic rings. The molecule has 112 valence electrons. The molecule has 0 saturated carbocycles. The predicted molar refractivity (Wildman–Crippen MR) is 85.8 cm³/mol. The molecule has 20 heavy (non-hydrogen) atoms. The summed E-state index contributed by atoms with van der Waals surface area (Å²) in [5.74, 6) is 1.55. The van der Waals surface area contributed by atoms with Crippen molar-refractivity contribution in [2.45, 2.75) is 46.6 Å². The van der Waals surface area contributed by atoms with Gasteiger partial charge in [-0.2, -0.15) is 0 Å². The zero-order valence-corrected chi connectivity index (χ0v) is 13.8. The van der Waals surface area contributed by atoms with Crippen LogP contribution in [0, 0.1) is 5.92 Å². The lowest BCUT2D eigenvalue weighted by molar-refractivity contribution is 0.173. The summed E-state index contributed by atoms with van der Waals surface area (Å²) in [6.45, 7) is 11.8. The number of halogens is 1. The molecule has 0 N–H and O–H groups in total. The molecule has 0 aliphatic carbocycles. The number of aryl methyl sites for hydroxylation is 1. The molecule has 0 spiro atoms. The molecular formula is C17H26ClNO. The fourth-order valence-corrected chi connectivity index (χ4v) is 3.25. The minimum absolute atomic E-state index is 0.365. The fraction of sp³-hybridized carbons (Fsp3) is 0.647. The lowest BCUT2D eigenvalue weighted by atomic mass is 10.00. The molecule has 0 aromatic heterocycles. The van der Waals surface area contributed by atoms with Crippen molar-refractivity contribution >= 4 is 11.6 Å². The highest BCUT2D eigenvalue weighted by Crippen LogP contribution is 2.38. The van der Waals surface area contributed by atoms with Crippen molar-refractivity contribution in [1.29, 1.82) is 0 Å². The summed E-state index contributed by atoms with van der Waals surface area (Å²) in [4.78, 5) is 2.50. The maximum atomic E-state index is 6.43. The second-order valence-corrected chi connectivity index (χ2v) is 6.57. The van der Waals surface area contributed by atoms with Crippen molar-refractivity contribution in [1.82, 2.24) is 4.90 Å². The summed E-state index contributed by atoms with van der Waals surface area (Å²) in [5.41, 5.74) is 2.57. The summed E-state index contributed by atoms with van der Waals surface area (Å²) in [6.07, 6.45) is 2.21. The van der Waals surface area contributed by atoms with E-state index in [1.54, 1.807) is 0 Å². The molecule has 1 atom stereocenters. The molecule has 1 unspecified atom stereocenters. The molecule has 0 saturated heterocycles. The maximum Gasteiger partial charge on any atom is 0.142 e. The highest BCUT2D eigenvalue weighted by molar-refractivity contribution is 6.32. The standard InChI is InChI=1S/C17H26ClNO/c1-5-6-14-9-15-13(4)19(11-12(2)3)7-8-20-17(15)16(18)10-14/h9-10,12-13H,5-8,11H2,1-4H3. The second kappa shape index (κ2) is 6.82. The minimum Gasteiger partial charge on any atom is -0.490 e. The van der Waals surface area contributed by atoms with E-state index >= 15 is 0 Å². The first-order valence-electron chi connectivity index (χ1n) is 7.72. The first-order chi connectivity index (χ1) is 9.52. The van der Waals surface area contributed by atoms with E-state index in [2.05, 4.69) is 44.7 Å². The second-order valence-electron chi connectivity index (χ2n) is 6.16. The molecule has 1 aliphatic heterocycles. The molecule has 1 heterocycles. The van der Waals surface area contributed by atoms with E-state index in [1.165, 1.54) is 11.1 Å². The van der Waals surface area contributed by atoms with Gasteiger partial charge in [-0.25, -0.2) is 0 Å². The predicted octanol–water partition coefficient (Wildman–Crippen LogP) is 4.70. The van der Waals surface area contributed by atoms with Crippen LogP contribution in [0.2, 0.25) is 5.02 Å².